The summed E-state index contributed by atoms with van der Waals surface area (Å²) in [6.07, 6.45) is 7.59. The molecule has 0 amide bonds. The summed E-state index contributed by atoms with van der Waals surface area (Å²) in [5.74, 6) is 2.37. The van der Waals surface area contributed by atoms with Crippen LogP contribution in [0.4, 0.5) is 17.5 Å². The van der Waals surface area contributed by atoms with Gasteiger partial charge in [0.25, 0.3) is 0 Å². The van der Waals surface area contributed by atoms with E-state index in [0.717, 1.165) is 37.1 Å². The van der Waals surface area contributed by atoms with Gasteiger partial charge < -0.3 is 20.1 Å². The largest absolute Gasteiger partial charge is 0.497 e. The first-order valence-electron chi connectivity index (χ1n) is 11.1. The molecule has 1 fully saturated rings. The van der Waals surface area contributed by atoms with Crippen LogP contribution in [0, 0.1) is 0 Å². The van der Waals surface area contributed by atoms with Gasteiger partial charge in [-0.25, -0.2) is 13.4 Å². The second-order valence-electron chi connectivity index (χ2n) is 8.00. The standard InChI is InChI=1S/C25H28N4O4S/c1-32-21-9-7-20(8-10-21)28-25-26-17-18(24(29-25)27-19-5-3-4-6-19)15-16-34(30,31)23-13-11-22(33-2)12-14-23/h7-17,19H,3-6H2,1-2H3,(H2,26,27,28,29). The van der Waals surface area contributed by atoms with Crippen molar-refractivity contribution < 1.29 is 17.9 Å². The lowest BCUT2D eigenvalue weighted by atomic mass is 10.2. The Morgan fingerprint density at radius 1 is 0.941 bits per heavy atom. The molecular weight excluding hydrogens is 452 g/mol. The number of benzene rings is 2. The van der Waals surface area contributed by atoms with Gasteiger partial charge in [-0.3, -0.25) is 0 Å². The van der Waals surface area contributed by atoms with E-state index >= 15 is 0 Å². The Morgan fingerprint density at radius 3 is 2.18 bits per heavy atom. The molecular formula is C25H28N4O4S. The van der Waals surface area contributed by atoms with Gasteiger partial charge in [0.15, 0.2) is 9.84 Å². The molecule has 1 aromatic heterocycles. The normalized spacial score (nSPS) is 14.3. The molecule has 0 atom stereocenters. The minimum atomic E-state index is -3.64. The van der Waals surface area contributed by atoms with Crippen molar-refractivity contribution >= 4 is 33.4 Å². The van der Waals surface area contributed by atoms with Crippen LogP contribution in [-0.4, -0.2) is 38.6 Å². The second-order valence-corrected chi connectivity index (χ2v) is 9.83. The summed E-state index contributed by atoms with van der Waals surface area (Å²) >= 11 is 0. The van der Waals surface area contributed by atoms with Crippen LogP contribution in [0.3, 0.4) is 0 Å². The maximum absolute atomic E-state index is 12.8. The molecule has 4 rings (SSSR count). The third-order valence-corrected chi connectivity index (χ3v) is 7.10. The highest BCUT2D eigenvalue weighted by molar-refractivity contribution is 7.94. The predicted molar refractivity (Wildman–Crippen MR) is 133 cm³/mol. The zero-order valence-electron chi connectivity index (χ0n) is 19.2. The molecule has 9 heteroatoms. The molecule has 0 radical (unpaired) electrons. The van der Waals surface area contributed by atoms with E-state index in [2.05, 4.69) is 20.6 Å². The van der Waals surface area contributed by atoms with Crippen molar-refractivity contribution in [3.63, 3.8) is 0 Å². The molecule has 0 unspecified atom stereocenters. The van der Waals surface area contributed by atoms with E-state index in [0.29, 0.717) is 29.1 Å². The molecule has 34 heavy (non-hydrogen) atoms. The first-order valence-corrected chi connectivity index (χ1v) is 12.6. The number of rotatable bonds is 9. The maximum atomic E-state index is 12.8. The zero-order chi connectivity index (χ0) is 24.0. The van der Waals surface area contributed by atoms with E-state index in [1.807, 2.05) is 24.3 Å². The molecule has 3 aromatic rings. The molecule has 1 heterocycles. The topological polar surface area (TPSA) is 102 Å². The van der Waals surface area contributed by atoms with Crippen molar-refractivity contribution in [2.75, 3.05) is 24.9 Å². The Bertz CT molecular complexity index is 1240. The van der Waals surface area contributed by atoms with Gasteiger partial charge in [0.2, 0.25) is 5.95 Å². The molecule has 0 saturated heterocycles. The number of ether oxygens (including phenoxy) is 2. The van der Waals surface area contributed by atoms with E-state index < -0.39 is 9.84 Å². The molecule has 178 valence electrons. The van der Waals surface area contributed by atoms with Crippen molar-refractivity contribution in [2.24, 2.45) is 0 Å². The van der Waals surface area contributed by atoms with Crippen molar-refractivity contribution in [3.05, 3.63) is 65.7 Å². The van der Waals surface area contributed by atoms with Crippen LogP contribution < -0.4 is 20.1 Å². The van der Waals surface area contributed by atoms with Crippen LogP contribution in [0.1, 0.15) is 31.2 Å². The lowest BCUT2D eigenvalue weighted by molar-refractivity contribution is 0.414. The van der Waals surface area contributed by atoms with Gasteiger partial charge in [0, 0.05) is 28.9 Å². The van der Waals surface area contributed by atoms with E-state index in [1.165, 1.54) is 30.7 Å². The summed E-state index contributed by atoms with van der Waals surface area (Å²) in [6.45, 7) is 0. The Kier molecular flexibility index (Phi) is 7.32. The Labute approximate surface area is 200 Å². The van der Waals surface area contributed by atoms with E-state index in [9.17, 15) is 8.42 Å². The molecule has 2 N–H and O–H groups in total. The number of nitrogens with zero attached hydrogens (tertiary/aromatic N) is 2. The van der Waals surface area contributed by atoms with Gasteiger partial charge >= 0.3 is 0 Å². The maximum Gasteiger partial charge on any atom is 0.229 e. The third kappa shape index (κ3) is 5.85. The third-order valence-electron chi connectivity index (χ3n) is 5.67. The van der Waals surface area contributed by atoms with Gasteiger partial charge in [0.1, 0.15) is 17.3 Å². The summed E-state index contributed by atoms with van der Waals surface area (Å²) in [4.78, 5) is 9.22. The summed E-state index contributed by atoms with van der Waals surface area (Å²) in [7, 11) is -0.484. The van der Waals surface area contributed by atoms with Gasteiger partial charge in [0.05, 0.1) is 19.1 Å². The Balaban J connectivity index is 1.59. The number of nitrogens with one attached hydrogen (secondary N) is 2. The lowest BCUT2D eigenvalue weighted by Crippen LogP contribution is -2.17. The molecule has 1 aliphatic rings. The van der Waals surface area contributed by atoms with Crippen LogP contribution >= 0.6 is 0 Å². The van der Waals surface area contributed by atoms with E-state index in [-0.39, 0.29) is 4.90 Å². The number of hydrogen-bond donors (Lipinski definition) is 2. The predicted octanol–water partition coefficient (Wildman–Crippen LogP) is 5.04. The van der Waals surface area contributed by atoms with Gasteiger partial charge in [-0.1, -0.05) is 12.8 Å². The summed E-state index contributed by atoms with van der Waals surface area (Å²) in [5.41, 5.74) is 1.42. The number of hydrogen-bond acceptors (Lipinski definition) is 8. The van der Waals surface area contributed by atoms with Crippen molar-refractivity contribution in [2.45, 2.75) is 36.6 Å². The van der Waals surface area contributed by atoms with Crippen LogP contribution in [0.15, 0.2) is 65.0 Å². The molecule has 0 aliphatic heterocycles. The molecule has 1 saturated carbocycles. The Morgan fingerprint density at radius 2 is 1.56 bits per heavy atom. The highest BCUT2D eigenvalue weighted by Crippen LogP contribution is 2.26. The van der Waals surface area contributed by atoms with Crippen molar-refractivity contribution in [1.82, 2.24) is 9.97 Å². The first kappa shape index (κ1) is 23.6. The lowest BCUT2D eigenvalue weighted by Gasteiger charge is -2.16. The number of anilines is 3. The summed E-state index contributed by atoms with van der Waals surface area (Å²) in [5, 5.41) is 7.84. The van der Waals surface area contributed by atoms with Crippen molar-refractivity contribution in [1.29, 1.82) is 0 Å². The second kappa shape index (κ2) is 10.6. The highest BCUT2D eigenvalue weighted by atomic mass is 32.2. The highest BCUT2D eigenvalue weighted by Gasteiger charge is 2.18. The molecule has 2 aromatic carbocycles. The van der Waals surface area contributed by atoms with E-state index in [1.54, 1.807) is 25.4 Å². The molecule has 0 spiro atoms. The zero-order valence-corrected chi connectivity index (χ0v) is 20.0. The fourth-order valence-corrected chi connectivity index (χ4v) is 4.76. The number of aromatic nitrogens is 2. The summed E-state index contributed by atoms with van der Waals surface area (Å²) < 4.78 is 35.9. The van der Waals surface area contributed by atoms with Gasteiger partial charge in [-0.15, -0.1) is 0 Å². The molecule has 1 aliphatic carbocycles. The first-order chi connectivity index (χ1) is 16.5. The summed E-state index contributed by atoms with van der Waals surface area (Å²) in [6, 6.07) is 14.0. The monoisotopic (exact) mass is 480 g/mol. The fraction of sp³-hybridized carbons (Fsp3) is 0.280. The number of methoxy groups -OCH3 is 2. The van der Waals surface area contributed by atoms with Gasteiger partial charge in [-0.2, -0.15) is 4.98 Å². The van der Waals surface area contributed by atoms with Gasteiger partial charge in [-0.05, 0) is 67.4 Å². The minimum absolute atomic E-state index is 0.188. The average Bonchev–Trinajstić information content (AvgIpc) is 3.37. The van der Waals surface area contributed by atoms with E-state index in [4.69, 9.17) is 9.47 Å². The quantitative estimate of drug-likeness (QED) is 0.439. The van der Waals surface area contributed by atoms with Crippen LogP contribution in [0.2, 0.25) is 0 Å². The minimum Gasteiger partial charge on any atom is -0.497 e. The van der Waals surface area contributed by atoms with Crippen LogP contribution in [-0.2, 0) is 9.84 Å². The van der Waals surface area contributed by atoms with Crippen molar-refractivity contribution in [3.8, 4) is 11.5 Å². The molecule has 0 bridgehead atoms. The fourth-order valence-electron chi connectivity index (χ4n) is 3.76. The smallest absolute Gasteiger partial charge is 0.229 e. The molecule has 8 nitrogen and oxygen atoms in total. The SMILES string of the molecule is COc1ccc(Nc2ncc(C=CS(=O)(=O)c3ccc(OC)cc3)c(NC3CCCC3)n2)cc1. The Hall–Kier alpha value is -3.59. The van der Waals surface area contributed by atoms with Crippen LogP contribution in [0.5, 0.6) is 11.5 Å². The van der Waals surface area contributed by atoms with Crippen LogP contribution in [0.25, 0.3) is 6.08 Å². The average molecular weight is 481 g/mol. The number of sulfone groups is 1.